The zero-order valence-corrected chi connectivity index (χ0v) is 9.84. The Labute approximate surface area is 101 Å². The first-order valence-electron chi connectivity index (χ1n) is 6.10. The topological polar surface area (TPSA) is 37.7 Å². The van der Waals surface area contributed by atoms with Gasteiger partial charge >= 0.3 is 6.03 Å². The minimum absolute atomic E-state index is 0.153. The highest BCUT2D eigenvalue weighted by Gasteiger charge is 2.25. The second-order valence-corrected chi connectivity index (χ2v) is 4.50. The maximum absolute atomic E-state index is 12.3. The van der Waals surface area contributed by atoms with E-state index in [1.165, 1.54) is 5.69 Å². The average molecular weight is 235 g/mol. The number of morpholine rings is 1. The van der Waals surface area contributed by atoms with Crippen LogP contribution in [0, 0.1) is 0 Å². The van der Waals surface area contributed by atoms with E-state index in [2.05, 4.69) is 16.8 Å². The van der Waals surface area contributed by atoms with Crippen LogP contribution in [0.25, 0.3) is 0 Å². The van der Waals surface area contributed by atoms with Crippen LogP contribution in [0.1, 0.15) is 5.69 Å². The van der Waals surface area contributed by atoms with Gasteiger partial charge in [-0.05, 0) is 12.1 Å². The zero-order chi connectivity index (χ0) is 11.7. The van der Waals surface area contributed by atoms with Crippen LogP contribution in [0.15, 0.2) is 18.3 Å². The minimum Gasteiger partial charge on any atom is -0.378 e. The first-order valence-corrected chi connectivity index (χ1v) is 6.10. The van der Waals surface area contributed by atoms with Gasteiger partial charge in [0, 0.05) is 38.1 Å². The molecule has 2 aliphatic rings. The van der Waals surface area contributed by atoms with Crippen LogP contribution < -0.4 is 0 Å². The average Bonchev–Trinajstić information content (AvgIpc) is 2.86. The Bertz CT molecular complexity index is 410. The van der Waals surface area contributed by atoms with Gasteiger partial charge in [0.25, 0.3) is 0 Å². The minimum atomic E-state index is 0.153. The quantitative estimate of drug-likeness (QED) is 0.665. The number of aromatic nitrogens is 1. The van der Waals surface area contributed by atoms with Crippen molar-refractivity contribution in [3.8, 4) is 0 Å². The Kier molecular flexibility index (Phi) is 2.76. The summed E-state index contributed by atoms with van der Waals surface area (Å²) in [6, 6.07) is 4.28. The third-order valence-electron chi connectivity index (χ3n) is 3.44. The third-order valence-corrected chi connectivity index (χ3v) is 3.44. The molecule has 0 atom stereocenters. The fourth-order valence-electron chi connectivity index (χ4n) is 2.43. The van der Waals surface area contributed by atoms with E-state index in [1.807, 2.05) is 15.9 Å². The fraction of sp³-hybridized carbons (Fsp3) is 0.583. The first-order chi connectivity index (χ1) is 8.34. The van der Waals surface area contributed by atoms with Crippen LogP contribution in [0.4, 0.5) is 4.79 Å². The lowest BCUT2D eigenvalue weighted by atomic mass is 10.3. The van der Waals surface area contributed by atoms with Gasteiger partial charge in [-0.15, -0.1) is 0 Å². The van der Waals surface area contributed by atoms with Gasteiger partial charge in [0.2, 0.25) is 0 Å². The van der Waals surface area contributed by atoms with E-state index in [1.54, 1.807) is 0 Å². The van der Waals surface area contributed by atoms with E-state index in [-0.39, 0.29) is 6.03 Å². The molecule has 17 heavy (non-hydrogen) atoms. The lowest BCUT2D eigenvalue weighted by molar-refractivity contribution is 0.0410. The van der Waals surface area contributed by atoms with E-state index in [0.717, 1.165) is 32.7 Å². The smallest absolute Gasteiger partial charge is 0.320 e. The maximum Gasteiger partial charge on any atom is 0.320 e. The van der Waals surface area contributed by atoms with E-state index >= 15 is 0 Å². The van der Waals surface area contributed by atoms with Gasteiger partial charge in [0.05, 0.1) is 19.8 Å². The normalized spacial score (nSPS) is 20.2. The van der Waals surface area contributed by atoms with Gasteiger partial charge in [-0.3, -0.25) is 0 Å². The monoisotopic (exact) mass is 235 g/mol. The molecule has 0 aromatic carbocycles. The van der Waals surface area contributed by atoms with Crippen LogP contribution in [-0.2, 0) is 17.8 Å². The predicted octanol–water partition coefficient (Wildman–Crippen LogP) is 0.756. The second kappa shape index (κ2) is 4.41. The van der Waals surface area contributed by atoms with E-state index < -0.39 is 0 Å². The molecule has 2 amide bonds. The number of amides is 2. The molecule has 0 radical (unpaired) electrons. The standard InChI is InChI=1S/C12H17N3O2/c16-12(14-6-8-17-9-7-14)15-5-4-13-3-1-2-11(13)10-15/h1-3H,4-10H2. The van der Waals surface area contributed by atoms with Gasteiger partial charge in [0.1, 0.15) is 0 Å². The summed E-state index contributed by atoms with van der Waals surface area (Å²) in [5.41, 5.74) is 1.22. The summed E-state index contributed by atoms with van der Waals surface area (Å²) in [7, 11) is 0. The Morgan fingerprint density at radius 2 is 1.94 bits per heavy atom. The van der Waals surface area contributed by atoms with Crippen molar-refractivity contribution in [3.63, 3.8) is 0 Å². The van der Waals surface area contributed by atoms with Crippen LogP contribution in [0.2, 0.25) is 0 Å². The molecule has 0 spiro atoms. The molecular formula is C12H17N3O2. The number of urea groups is 1. The number of fused-ring (bicyclic) bond motifs is 1. The number of hydrogen-bond donors (Lipinski definition) is 0. The van der Waals surface area contributed by atoms with Gasteiger partial charge in [-0.1, -0.05) is 0 Å². The molecule has 1 fully saturated rings. The van der Waals surface area contributed by atoms with Gasteiger partial charge in [-0.25, -0.2) is 4.79 Å². The highest BCUT2D eigenvalue weighted by molar-refractivity contribution is 5.74. The lowest BCUT2D eigenvalue weighted by Gasteiger charge is -2.35. The summed E-state index contributed by atoms with van der Waals surface area (Å²) in [6.07, 6.45) is 2.08. The number of rotatable bonds is 0. The number of hydrogen-bond acceptors (Lipinski definition) is 2. The summed E-state index contributed by atoms with van der Waals surface area (Å²) in [6.45, 7) is 5.19. The summed E-state index contributed by atoms with van der Waals surface area (Å²) in [4.78, 5) is 16.1. The molecular weight excluding hydrogens is 218 g/mol. The van der Waals surface area contributed by atoms with Crippen molar-refractivity contribution in [2.45, 2.75) is 13.1 Å². The molecule has 0 aliphatic carbocycles. The van der Waals surface area contributed by atoms with Gasteiger partial charge < -0.3 is 19.1 Å². The highest BCUT2D eigenvalue weighted by Crippen LogP contribution is 2.15. The largest absolute Gasteiger partial charge is 0.378 e. The zero-order valence-electron chi connectivity index (χ0n) is 9.84. The van der Waals surface area contributed by atoms with Crippen molar-refractivity contribution >= 4 is 6.03 Å². The SMILES string of the molecule is O=C(N1CCOCC1)N1CCn2cccc2C1. The molecule has 0 bridgehead atoms. The Hall–Kier alpha value is -1.49. The summed E-state index contributed by atoms with van der Waals surface area (Å²) >= 11 is 0. The molecule has 5 nitrogen and oxygen atoms in total. The molecule has 0 N–H and O–H groups in total. The highest BCUT2D eigenvalue weighted by atomic mass is 16.5. The molecule has 3 rings (SSSR count). The van der Waals surface area contributed by atoms with Crippen LogP contribution in [0.3, 0.4) is 0 Å². The number of nitrogens with zero attached hydrogens (tertiary/aromatic N) is 3. The Morgan fingerprint density at radius 1 is 1.12 bits per heavy atom. The molecule has 3 heterocycles. The predicted molar refractivity (Wildman–Crippen MR) is 62.6 cm³/mol. The molecule has 92 valence electrons. The van der Waals surface area contributed by atoms with Crippen molar-refractivity contribution in [1.29, 1.82) is 0 Å². The molecule has 2 aliphatic heterocycles. The van der Waals surface area contributed by atoms with Crippen LogP contribution in [-0.4, -0.2) is 53.2 Å². The van der Waals surface area contributed by atoms with Crippen molar-refractivity contribution in [2.24, 2.45) is 0 Å². The molecule has 0 unspecified atom stereocenters. The van der Waals surface area contributed by atoms with Gasteiger partial charge in [-0.2, -0.15) is 0 Å². The Morgan fingerprint density at radius 3 is 2.76 bits per heavy atom. The Balaban J connectivity index is 1.67. The molecule has 5 heteroatoms. The van der Waals surface area contributed by atoms with E-state index in [9.17, 15) is 4.79 Å². The number of ether oxygens (including phenoxy) is 1. The maximum atomic E-state index is 12.3. The number of carbonyl (C=O) groups excluding carboxylic acids is 1. The molecule has 1 saturated heterocycles. The third kappa shape index (κ3) is 2.02. The fourth-order valence-corrected chi connectivity index (χ4v) is 2.43. The van der Waals surface area contributed by atoms with Gasteiger partial charge in [0.15, 0.2) is 0 Å². The molecule has 0 saturated carbocycles. The molecule has 1 aromatic heterocycles. The summed E-state index contributed by atoms with van der Waals surface area (Å²) in [5, 5.41) is 0. The summed E-state index contributed by atoms with van der Waals surface area (Å²) in [5.74, 6) is 0. The van der Waals surface area contributed by atoms with Crippen molar-refractivity contribution in [2.75, 3.05) is 32.8 Å². The lowest BCUT2D eigenvalue weighted by Crippen LogP contribution is -2.50. The number of carbonyl (C=O) groups is 1. The van der Waals surface area contributed by atoms with Crippen LogP contribution in [0.5, 0.6) is 0 Å². The van der Waals surface area contributed by atoms with Crippen molar-refractivity contribution in [1.82, 2.24) is 14.4 Å². The van der Waals surface area contributed by atoms with Crippen molar-refractivity contribution in [3.05, 3.63) is 24.0 Å². The first kappa shape index (κ1) is 10.7. The summed E-state index contributed by atoms with van der Waals surface area (Å²) < 4.78 is 7.48. The second-order valence-electron chi connectivity index (χ2n) is 4.50. The van der Waals surface area contributed by atoms with Crippen LogP contribution >= 0.6 is 0 Å². The molecule has 1 aromatic rings. The van der Waals surface area contributed by atoms with E-state index in [4.69, 9.17) is 4.74 Å². The van der Waals surface area contributed by atoms with E-state index in [0.29, 0.717) is 13.2 Å². The van der Waals surface area contributed by atoms with Crippen molar-refractivity contribution < 1.29 is 9.53 Å².